The Morgan fingerprint density at radius 1 is 1.47 bits per heavy atom. The van der Waals surface area contributed by atoms with E-state index in [-0.39, 0.29) is 23.3 Å². The van der Waals surface area contributed by atoms with Gasteiger partial charge in [0.05, 0.1) is 5.56 Å². The summed E-state index contributed by atoms with van der Waals surface area (Å²) in [5, 5.41) is 10.0. The molecule has 0 radical (unpaired) electrons. The third-order valence-corrected chi connectivity index (χ3v) is 4.05. The summed E-state index contributed by atoms with van der Waals surface area (Å²) in [6.07, 6.45) is 3.96. The van der Waals surface area contributed by atoms with E-state index in [2.05, 4.69) is 15.9 Å². The van der Waals surface area contributed by atoms with E-state index in [1.54, 1.807) is 4.90 Å². The second-order valence-corrected chi connectivity index (χ2v) is 5.58. The van der Waals surface area contributed by atoms with E-state index in [1.165, 1.54) is 12.1 Å². The molecule has 1 saturated carbocycles. The normalized spacial score (nSPS) is 15.1. The van der Waals surface area contributed by atoms with Gasteiger partial charge in [0.25, 0.3) is 5.91 Å². The SMILES string of the molecule is O=C(c1ccc(O)cc1F)N(CCCBr)C1CCC1. The summed E-state index contributed by atoms with van der Waals surface area (Å²) in [4.78, 5) is 14.2. The first kappa shape index (κ1) is 14.3. The van der Waals surface area contributed by atoms with Gasteiger partial charge in [-0.1, -0.05) is 15.9 Å². The fraction of sp³-hybridized carbons (Fsp3) is 0.500. The lowest BCUT2D eigenvalue weighted by Gasteiger charge is -2.37. The van der Waals surface area contributed by atoms with Crippen molar-refractivity contribution in [3.05, 3.63) is 29.6 Å². The Labute approximate surface area is 120 Å². The molecule has 0 aliphatic heterocycles. The first-order chi connectivity index (χ1) is 9.13. The number of halogens is 2. The van der Waals surface area contributed by atoms with Crippen molar-refractivity contribution in [3.8, 4) is 5.75 Å². The molecule has 1 aliphatic carbocycles. The summed E-state index contributed by atoms with van der Waals surface area (Å²) in [5.74, 6) is -1.10. The largest absolute Gasteiger partial charge is 0.508 e. The predicted molar refractivity (Wildman–Crippen MR) is 75.2 cm³/mol. The van der Waals surface area contributed by atoms with Gasteiger partial charge in [-0.25, -0.2) is 4.39 Å². The van der Waals surface area contributed by atoms with Crippen LogP contribution in [0, 0.1) is 5.82 Å². The molecule has 0 heterocycles. The first-order valence-corrected chi connectivity index (χ1v) is 7.61. The minimum atomic E-state index is -0.659. The van der Waals surface area contributed by atoms with Crippen LogP contribution in [-0.2, 0) is 0 Å². The van der Waals surface area contributed by atoms with Crippen LogP contribution >= 0.6 is 15.9 Å². The molecule has 19 heavy (non-hydrogen) atoms. The summed E-state index contributed by atoms with van der Waals surface area (Å²) in [6, 6.07) is 3.92. The lowest BCUT2D eigenvalue weighted by Crippen LogP contribution is -2.45. The van der Waals surface area contributed by atoms with E-state index in [9.17, 15) is 14.3 Å². The van der Waals surface area contributed by atoms with Gasteiger partial charge >= 0.3 is 0 Å². The number of carbonyl (C=O) groups is 1. The van der Waals surface area contributed by atoms with Crippen LogP contribution in [0.15, 0.2) is 18.2 Å². The highest BCUT2D eigenvalue weighted by molar-refractivity contribution is 9.09. The average Bonchev–Trinajstić information content (AvgIpc) is 2.31. The molecule has 0 spiro atoms. The summed E-state index contributed by atoms with van der Waals surface area (Å²) >= 11 is 3.35. The van der Waals surface area contributed by atoms with Crippen molar-refractivity contribution in [2.24, 2.45) is 0 Å². The maximum absolute atomic E-state index is 13.8. The van der Waals surface area contributed by atoms with Crippen molar-refractivity contribution >= 4 is 21.8 Å². The Balaban J connectivity index is 2.17. The number of amides is 1. The van der Waals surface area contributed by atoms with Crippen LogP contribution in [0.5, 0.6) is 5.75 Å². The van der Waals surface area contributed by atoms with E-state index >= 15 is 0 Å². The summed E-state index contributed by atoms with van der Waals surface area (Å²) < 4.78 is 13.8. The van der Waals surface area contributed by atoms with Gasteiger partial charge in [-0.15, -0.1) is 0 Å². The van der Waals surface area contributed by atoms with Crippen LogP contribution in [0.2, 0.25) is 0 Å². The Morgan fingerprint density at radius 2 is 2.21 bits per heavy atom. The van der Waals surface area contributed by atoms with E-state index < -0.39 is 5.82 Å². The lowest BCUT2D eigenvalue weighted by atomic mass is 9.90. The number of nitrogens with zero attached hydrogens (tertiary/aromatic N) is 1. The number of carbonyl (C=O) groups excluding carboxylic acids is 1. The molecule has 1 N–H and O–H groups in total. The number of aromatic hydroxyl groups is 1. The smallest absolute Gasteiger partial charge is 0.257 e. The molecule has 0 atom stereocenters. The highest BCUT2D eigenvalue weighted by Gasteiger charge is 2.30. The first-order valence-electron chi connectivity index (χ1n) is 6.49. The maximum atomic E-state index is 13.8. The molecule has 1 aromatic carbocycles. The molecule has 2 rings (SSSR count). The van der Waals surface area contributed by atoms with Crippen molar-refractivity contribution in [1.29, 1.82) is 0 Å². The van der Waals surface area contributed by atoms with E-state index in [4.69, 9.17) is 0 Å². The molecule has 1 fully saturated rings. The minimum absolute atomic E-state index is 0.0410. The predicted octanol–water partition coefficient (Wildman–Crippen LogP) is 3.31. The summed E-state index contributed by atoms with van der Waals surface area (Å²) in [7, 11) is 0. The molecule has 0 saturated heterocycles. The van der Waals surface area contributed by atoms with E-state index in [0.29, 0.717) is 6.54 Å². The fourth-order valence-electron chi connectivity index (χ4n) is 2.21. The molecule has 5 heteroatoms. The van der Waals surface area contributed by atoms with Crippen LogP contribution in [0.1, 0.15) is 36.0 Å². The molecule has 1 amide bonds. The molecule has 0 aromatic heterocycles. The Bertz CT molecular complexity index is 463. The van der Waals surface area contributed by atoms with Crippen LogP contribution in [0.4, 0.5) is 4.39 Å². The van der Waals surface area contributed by atoms with Crippen LogP contribution in [0.25, 0.3) is 0 Å². The van der Waals surface area contributed by atoms with Crippen molar-refractivity contribution in [3.63, 3.8) is 0 Å². The number of hydrogen-bond donors (Lipinski definition) is 1. The monoisotopic (exact) mass is 329 g/mol. The second kappa shape index (κ2) is 6.37. The topological polar surface area (TPSA) is 40.5 Å². The fourth-order valence-corrected chi connectivity index (χ4v) is 2.46. The quantitative estimate of drug-likeness (QED) is 0.842. The zero-order chi connectivity index (χ0) is 13.8. The third-order valence-electron chi connectivity index (χ3n) is 3.49. The number of phenols is 1. The van der Waals surface area contributed by atoms with Gasteiger partial charge in [0, 0.05) is 24.0 Å². The van der Waals surface area contributed by atoms with Gasteiger partial charge < -0.3 is 10.0 Å². The van der Waals surface area contributed by atoms with Crippen LogP contribution in [0.3, 0.4) is 0 Å². The number of benzene rings is 1. The Morgan fingerprint density at radius 3 is 2.74 bits per heavy atom. The summed E-state index contributed by atoms with van der Waals surface area (Å²) in [5.41, 5.74) is 0.0410. The zero-order valence-electron chi connectivity index (χ0n) is 10.6. The number of rotatable bonds is 5. The van der Waals surface area contributed by atoms with Crippen molar-refractivity contribution < 1.29 is 14.3 Å². The highest BCUT2D eigenvalue weighted by atomic mass is 79.9. The van der Waals surface area contributed by atoms with E-state index in [1.807, 2.05) is 0 Å². The number of phenolic OH excluding ortho intramolecular Hbond substituents is 1. The molecular weight excluding hydrogens is 313 g/mol. The second-order valence-electron chi connectivity index (χ2n) is 4.79. The highest BCUT2D eigenvalue weighted by Crippen LogP contribution is 2.27. The van der Waals surface area contributed by atoms with Gasteiger partial charge in [-0.3, -0.25) is 4.79 Å². The van der Waals surface area contributed by atoms with E-state index in [0.717, 1.165) is 37.1 Å². The molecular formula is C14H17BrFNO2. The van der Waals surface area contributed by atoms with Crippen LogP contribution < -0.4 is 0 Å². The summed E-state index contributed by atoms with van der Waals surface area (Å²) in [6.45, 7) is 0.634. The Hall–Kier alpha value is -1.10. The standard InChI is InChI=1S/C14H17BrFNO2/c15-7-2-8-17(10-3-1-4-10)14(19)12-6-5-11(18)9-13(12)16/h5-6,9-10,18H,1-4,7-8H2. The minimum Gasteiger partial charge on any atom is -0.508 e. The van der Waals surface area contributed by atoms with Crippen LogP contribution in [-0.4, -0.2) is 33.8 Å². The maximum Gasteiger partial charge on any atom is 0.257 e. The van der Waals surface area contributed by atoms with Crippen molar-refractivity contribution in [2.45, 2.75) is 31.7 Å². The molecule has 1 aromatic rings. The zero-order valence-corrected chi connectivity index (χ0v) is 12.2. The van der Waals surface area contributed by atoms with Gasteiger partial charge in [0.15, 0.2) is 0 Å². The van der Waals surface area contributed by atoms with Gasteiger partial charge in [-0.05, 0) is 37.8 Å². The molecule has 3 nitrogen and oxygen atoms in total. The van der Waals surface area contributed by atoms with Gasteiger partial charge in [0.1, 0.15) is 11.6 Å². The molecule has 1 aliphatic rings. The molecule has 0 unspecified atom stereocenters. The third kappa shape index (κ3) is 3.26. The van der Waals surface area contributed by atoms with Gasteiger partial charge in [0.2, 0.25) is 0 Å². The average molecular weight is 330 g/mol. The molecule has 104 valence electrons. The molecule has 0 bridgehead atoms. The lowest BCUT2D eigenvalue weighted by molar-refractivity contribution is 0.0576. The van der Waals surface area contributed by atoms with Gasteiger partial charge in [-0.2, -0.15) is 0 Å². The number of hydrogen-bond acceptors (Lipinski definition) is 2. The van der Waals surface area contributed by atoms with Crippen molar-refractivity contribution in [1.82, 2.24) is 4.90 Å². The number of alkyl halides is 1. The van der Waals surface area contributed by atoms with Crippen molar-refractivity contribution in [2.75, 3.05) is 11.9 Å². The Kier molecular flexibility index (Phi) is 4.80.